The average molecular weight is 309 g/mol. The van der Waals surface area contributed by atoms with Crippen molar-refractivity contribution in [1.82, 2.24) is 0 Å². The molecule has 0 aromatic heterocycles. The third kappa shape index (κ3) is 7.18. The molecule has 0 saturated heterocycles. The number of thioether (sulfide) groups is 1. The van der Waals surface area contributed by atoms with E-state index in [1.54, 1.807) is 0 Å². The van der Waals surface area contributed by atoms with Gasteiger partial charge in [0.25, 0.3) is 0 Å². The molecule has 4 nitrogen and oxygen atoms in total. The zero-order chi connectivity index (χ0) is 15.7. The number of carboxylic acid groups (broad SMARTS) is 1. The molecule has 0 saturated carbocycles. The van der Waals surface area contributed by atoms with Crippen LogP contribution in [0.2, 0.25) is 0 Å². The van der Waals surface area contributed by atoms with E-state index in [0.29, 0.717) is 18.1 Å². The third-order valence-corrected chi connectivity index (χ3v) is 4.32. The van der Waals surface area contributed by atoms with Crippen molar-refractivity contribution in [2.75, 3.05) is 11.1 Å². The second-order valence-corrected chi connectivity index (χ2v) is 6.01. The Morgan fingerprint density at radius 3 is 2.62 bits per heavy atom. The topological polar surface area (TPSA) is 66.4 Å². The van der Waals surface area contributed by atoms with Crippen molar-refractivity contribution in [2.45, 2.75) is 38.9 Å². The van der Waals surface area contributed by atoms with Gasteiger partial charge in [0.2, 0.25) is 5.91 Å². The number of carbonyl (C=O) groups is 2. The number of anilines is 1. The van der Waals surface area contributed by atoms with Crippen molar-refractivity contribution in [2.24, 2.45) is 5.92 Å². The van der Waals surface area contributed by atoms with E-state index < -0.39 is 5.97 Å². The van der Waals surface area contributed by atoms with E-state index in [-0.39, 0.29) is 11.7 Å². The minimum atomic E-state index is -0.811. The number of nitrogens with one attached hydrogen (secondary N) is 1. The number of carboxylic acids is 1. The fourth-order valence-corrected chi connectivity index (χ4v) is 2.74. The molecule has 1 amide bonds. The number of hydrogen-bond donors (Lipinski definition) is 2. The Bertz CT molecular complexity index is 472. The van der Waals surface area contributed by atoms with Gasteiger partial charge in [-0.25, -0.2) is 0 Å². The van der Waals surface area contributed by atoms with Crippen LogP contribution in [0, 0.1) is 5.92 Å². The molecule has 0 aliphatic heterocycles. The maximum absolute atomic E-state index is 12.0. The lowest BCUT2D eigenvalue weighted by atomic mass is 9.99. The average Bonchev–Trinajstić information content (AvgIpc) is 2.44. The molecule has 0 heterocycles. The highest BCUT2D eigenvalue weighted by Crippen LogP contribution is 2.18. The van der Waals surface area contributed by atoms with Gasteiger partial charge in [0, 0.05) is 17.9 Å². The van der Waals surface area contributed by atoms with Gasteiger partial charge in [-0.05, 0) is 23.6 Å². The summed E-state index contributed by atoms with van der Waals surface area (Å²) in [6.07, 6.45) is 2.57. The normalized spacial score (nSPS) is 10.6. The minimum Gasteiger partial charge on any atom is -0.481 e. The fourth-order valence-electron chi connectivity index (χ4n) is 2.05. The summed E-state index contributed by atoms with van der Waals surface area (Å²) in [6.45, 7) is 4.20. The molecule has 0 fully saturated rings. The first-order chi connectivity index (χ1) is 10.0. The van der Waals surface area contributed by atoms with Gasteiger partial charge in [-0.3, -0.25) is 9.59 Å². The first-order valence-electron chi connectivity index (χ1n) is 7.23. The summed E-state index contributed by atoms with van der Waals surface area (Å²) in [4.78, 5) is 22.4. The van der Waals surface area contributed by atoms with Crippen molar-refractivity contribution in [3.8, 4) is 0 Å². The van der Waals surface area contributed by atoms with E-state index in [1.807, 2.05) is 24.3 Å². The molecular weight excluding hydrogens is 286 g/mol. The van der Waals surface area contributed by atoms with Crippen LogP contribution in [0.25, 0.3) is 0 Å². The van der Waals surface area contributed by atoms with Gasteiger partial charge in [0.1, 0.15) is 0 Å². The largest absolute Gasteiger partial charge is 0.481 e. The summed E-state index contributed by atoms with van der Waals surface area (Å²) in [7, 11) is 0. The molecule has 0 bridgehead atoms. The summed E-state index contributed by atoms with van der Waals surface area (Å²) in [5.74, 6) is 0.376. The Labute approximate surface area is 130 Å². The Morgan fingerprint density at radius 1 is 1.29 bits per heavy atom. The number of benzene rings is 1. The summed E-state index contributed by atoms with van der Waals surface area (Å²) in [5.41, 5.74) is 1.79. The molecule has 2 N–H and O–H groups in total. The van der Waals surface area contributed by atoms with E-state index in [0.717, 1.165) is 24.1 Å². The second kappa shape index (κ2) is 9.45. The van der Waals surface area contributed by atoms with Gasteiger partial charge in [-0.1, -0.05) is 38.8 Å². The molecule has 0 radical (unpaired) electrons. The predicted molar refractivity (Wildman–Crippen MR) is 87.6 cm³/mol. The Hall–Kier alpha value is -1.49. The molecule has 5 heteroatoms. The molecule has 21 heavy (non-hydrogen) atoms. The standard InChI is InChI=1S/C16H23NO3S/c1-3-12(4-2)9-15(18)17-14-7-5-6-13(8-14)10-21-11-16(19)20/h5-8,12H,3-4,9-11H2,1-2H3,(H,17,18)(H,19,20). The van der Waals surface area contributed by atoms with Gasteiger partial charge in [0.05, 0.1) is 5.75 Å². The van der Waals surface area contributed by atoms with Gasteiger partial charge in [-0.2, -0.15) is 0 Å². The number of rotatable bonds is 9. The monoisotopic (exact) mass is 309 g/mol. The molecule has 1 aromatic rings. The van der Waals surface area contributed by atoms with Crippen LogP contribution in [-0.4, -0.2) is 22.7 Å². The van der Waals surface area contributed by atoms with Gasteiger partial charge in [-0.15, -0.1) is 11.8 Å². The van der Waals surface area contributed by atoms with Crippen LogP contribution in [0.1, 0.15) is 38.7 Å². The van der Waals surface area contributed by atoms with Crippen molar-refractivity contribution >= 4 is 29.3 Å². The Morgan fingerprint density at radius 2 is 2.00 bits per heavy atom. The highest BCUT2D eigenvalue weighted by molar-refractivity contribution is 7.99. The molecule has 116 valence electrons. The van der Waals surface area contributed by atoms with Crippen molar-refractivity contribution in [3.63, 3.8) is 0 Å². The van der Waals surface area contributed by atoms with Crippen LogP contribution in [0.3, 0.4) is 0 Å². The SMILES string of the molecule is CCC(CC)CC(=O)Nc1cccc(CSCC(=O)O)c1. The molecule has 0 atom stereocenters. The van der Waals surface area contributed by atoms with Crippen LogP contribution in [0.5, 0.6) is 0 Å². The molecule has 0 unspecified atom stereocenters. The molecule has 1 rings (SSSR count). The van der Waals surface area contributed by atoms with Gasteiger partial charge >= 0.3 is 5.97 Å². The van der Waals surface area contributed by atoms with Crippen molar-refractivity contribution < 1.29 is 14.7 Å². The summed E-state index contributed by atoms with van der Waals surface area (Å²) in [6, 6.07) is 7.57. The van der Waals surface area contributed by atoms with Crippen molar-refractivity contribution in [3.05, 3.63) is 29.8 Å². The Balaban J connectivity index is 2.51. The lowest BCUT2D eigenvalue weighted by Gasteiger charge is -2.12. The quantitative estimate of drug-likeness (QED) is 0.728. The van der Waals surface area contributed by atoms with E-state index >= 15 is 0 Å². The minimum absolute atomic E-state index is 0.0408. The summed E-state index contributed by atoms with van der Waals surface area (Å²) in [5, 5.41) is 11.5. The van der Waals surface area contributed by atoms with Gasteiger partial charge in [0.15, 0.2) is 0 Å². The maximum Gasteiger partial charge on any atom is 0.313 e. The Kier molecular flexibility index (Phi) is 7.90. The fraction of sp³-hybridized carbons (Fsp3) is 0.500. The molecule has 0 spiro atoms. The van der Waals surface area contributed by atoms with E-state index in [1.165, 1.54) is 11.8 Å². The predicted octanol–water partition coefficient (Wildman–Crippen LogP) is 3.77. The summed E-state index contributed by atoms with van der Waals surface area (Å²) < 4.78 is 0. The van der Waals surface area contributed by atoms with E-state index in [9.17, 15) is 9.59 Å². The molecule has 0 aliphatic carbocycles. The van der Waals surface area contributed by atoms with Crippen LogP contribution >= 0.6 is 11.8 Å². The third-order valence-electron chi connectivity index (χ3n) is 3.33. The van der Waals surface area contributed by atoms with E-state index in [4.69, 9.17) is 5.11 Å². The first-order valence-corrected chi connectivity index (χ1v) is 8.38. The lowest BCUT2D eigenvalue weighted by Crippen LogP contribution is -2.16. The zero-order valence-electron chi connectivity index (χ0n) is 12.6. The van der Waals surface area contributed by atoms with Crippen LogP contribution in [0.4, 0.5) is 5.69 Å². The number of hydrogen-bond acceptors (Lipinski definition) is 3. The highest BCUT2D eigenvalue weighted by atomic mass is 32.2. The zero-order valence-corrected chi connectivity index (χ0v) is 13.4. The molecular formula is C16H23NO3S. The summed E-state index contributed by atoms with van der Waals surface area (Å²) >= 11 is 1.35. The number of amides is 1. The van der Waals surface area contributed by atoms with Crippen LogP contribution in [-0.2, 0) is 15.3 Å². The highest BCUT2D eigenvalue weighted by Gasteiger charge is 2.10. The maximum atomic E-state index is 12.0. The number of aliphatic carboxylic acids is 1. The van der Waals surface area contributed by atoms with Crippen LogP contribution < -0.4 is 5.32 Å². The number of carbonyl (C=O) groups excluding carboxylic acids is 1. The smallest absolute Gasteiger partial charge is 0.313 e. The lowest BCUT2D eigenvalue weighted by molar-refractivity contribution is -0.133. The van der Waals surface area contributed by atoms with Crippen molar-refractivity contribution in [1.29, 1.82) is 0 Å². The first kappa shape index (κ1) is 17.6. The molecule has 0 aliphatic rings. The second-order valence-electron chi connectivity index (χ2n) is 5.02. The molecule has 1 aromatic carbocycles. The van der Waals surface area contributed by atoms with Gasteiger partial charge < -0.3 is 10.4 Å². The van der Waals surface area contributed by atoms with E-state index in [2.05, 4.69) is 19.2 Å². The van der Waals surface area contributed by atoms with Crippen LogP contribution in [0.15, 0.2) is 24.3 Å².